The molecule has 1 aromatic heterocycles. The van der Waals surface area contributed by atoms with Crippen LogP contribution in [-0.2, 0) is 16.6 Å². The predicted molar refractivity (Wildman–Crippen MR) is 81.8 cm³/mol. The average molecular weight is 355 g/mol. The van der Waals surface area contributed by atoms with Gasteiger partial charge in [-0.15, -0.1) is 0 Å². The molecule has 2 aromatic rings. The molecule has 0 aliphatic heterocycles. The molecule has 1 heterocycles. The average Bonchev–Trinajstić information content (AvgIpc) is 2.39. The molecule has 0 saturated carbocycles. The van der Waals surface area contributed by atoms with E-state index in [1.165, 1.54) is 4.31 Å². The Bertz CT molecular complexity index is 702. The fraction of sp³-hybridized carbons (Fsp3) is 0.214. The van der Waals surface area contributed by atoms with Crippen LogP contribution in [0.5, 0.6) is 0 Å². The van der Waals surface area contributed by atoms with E-state index in [1.807, 2.05) is 13.0 Å². The normalized spacial score (nSPS) is 11.8. The van der Waals surface area contributed by atoms with Gasteiger partial charge >= 0.3 is 0 Å². The maximum atomic E-state index is 12.5. The third kappa shape index (κ3) is 3.26. The zero-order valence-electron chi connectivity index (χ0n) is 11.2. The molecular weight excluding hydrogens is 340 g/mol. The first-order valence-electron chi connectivity index (χ1n) is 6.03. The maximum Gasteiger partial charge on any atom is 0.244 e. The molecule has 4 nitrogen and oxygen atoms in total. The Balaban J connectivity index is 2.30. The van der Waals surface area contributed by atoms with Gasteiger partial charge in [0.2, 0.25) is 10.0 Å². The van der Waals surface area contributed by atoms with Crippen LogP contribution >= 0.6 is 15.9 Å². The largest absolute Gasteiger partial charge is 0.260 e. The molecule has 0 bridgehead atoms. The van der Waals surface area contributed by atoms with Gasteiger partial charge in [0, 0.05) is 17.7 Å². The third-order valence-electron chi connectivity index (χ3n) is 2.89. The number of hydrogen-bond donors (Lipinski definition) is 0. The molecule has 0 saturated heterocycles. The molecule has 0 amide bonds. The topological polar surface area (TPSA) is 50.3 Å². The van der Waals surface area contributed by atoms with Crippen molar-refractivity contribution in [2.24, 2.45) is 0 Å². The van der Waals surface area contributed by atoms with Gasteiger partial charge in [0.25, 0.3) is 0 Å². The zero-order chi connectivity index (χ0) is 14.8. The molecule has 0 unspecified atom stereocenters. The Morgan fingerprint density at radius 1 is 1.25 bits per heavy atom. The van der Waals surface area contributed by atoms with Crippen molar-refractivity contribution in [3.8, 4) is 0 Å². The quantitative estimate of drug-likeness (QED) is 0.847. The molecule has 0 aliphatic carbocycles. The number of pyridine rings is 1. The minimum absolute atomic E-state index is 0.240. The second kappa shape index (κ2) is 6.03. The Kier molecular flexibility index (Phi) is 4.57. The summed E-state index contributed by atoms with van der Waals surface area (Å²) in [5.74, 6) is 0. The molecule has 6 heteroatoms. The lowest BCUT2D eigenvalue weighted by molar-refractivity contribution is 0.462. The number of halogens is 1. The van der Waals surface area contributed by atoms with E-state index in [1.54, 1.807) is 43.6 Å². The zero-order valence-corrected chi connectivity index (χ0v) is 13.6. The number of aromatic nitrogens is 1. The first-order valence-corrected chi connectivity index (χ1v) is 8.27. The SMILES string of the molecule is Cc1ccc(S(=O)(=O)N(C)Cc2ccccn2)c(Br)c1. The van der Waals surface area contributed by atoms with Gasteiger partial charge in [-0.3, -0.25) is 4.98 Å². The number of sulfonamides is 1. The van der Waals surface area contributed by atoms with E-state index in [0.717, 1.165) is 5.56 Å². The summed E-state index contributed by atoms with van der Waals surface area (Å²) in [5.41, 5.74) is 1.71. The minimum Gasteiger partial charge on any atom is -0.260 e. The van der Waals surface area contributed by atoms with Crippen LogP contribution in [0.1, 0.15) is 11.3 Å². The van der Waals surface area contributed by atoms with E-state index in [2.05, 4.69) is 20.9 Å². The van der Waals surface area contributed by atoms with E-state index in [9.17, 15) is 8.42 Å². The Labute approximate surface area is 127 Å². The van der Waals surface area contributed by atoms with Crippen LogP contribution in [0.3, 0.4) is 0 Å². The highest BCUT2D eigenvalue weighted by Gasteiger charge is 2.23. The van der Waals surface area contributed by atoms with Crippen LogP contribution < -0.4 is 0 Å². The summed E-state index contributed by atoms with van der Waals surface area (Å²) in [4.78, 5) is 4.41. The molecule has 106 valence electrons. The van der Waals surface area contributed by atoms with Gasteiger partial charge in [-0.25, -0.2) is 8.42 Å². The molecule has 0 N–H and O–H groups in total. The van der Waals surface area contributed by atoms with Crippen molar-refractivity contribution >= 4 is 26.0 Å². The van der Waals surface area contributed by atoms with E-state index in [4.69, 9.17) is 0 Å². The van der Waals surface area contributed by atoms with Crippen molar-refractivity contribution in [3.05, 3.63) is 58.3 Å². The van der Waals surface area contributed by atoms with Crippen molar-refractivity contribution in [3.63, 3.8) is 0 Å². The Morgan fingerprint density at radius 3 is 2.60 bits per heavy atom. The first kappa shape index (κ1) is 15.2. The summed E-state index contributed by atoms with van der Waals surface area (Å²) in [6.07, 6.45) is 1.65. The molecule has 20 heavy (non-hydrogen) atoms. The number of hydrogen-bond acceptors (Lipinski definition) is 3. The highest BCUT2D eigenvalue weighted by molar-refractivity contribution is 9.10. The lowest BCUT2D eigenvalue weighted by Gasteiger charge is -2.18. The molecule has 0 atom stereocenters. The van der Waals surface area contributed by atoms with Gasteiger partial charge in [-0.05, 0) is 52.7 Å². The first-order chi connectivity index (χ1) is 9.41. The van der Waals surface area contributed by atoms with Crippen LogP contribution in [0.25, 0.3) is 0 Å². The summed E-state index contributed by atoms with van der Waals surface area (Å²) < 4.78 is 26.9. The van der Waals surface area contributed by atoms with Crippen molar-refractivity contribution in [1.29, 1.82) is 0 Å². The highest BCUT2D eigenvalue weighted by Crippen LogP contribution is 2.26. The predicted octanol–water partition coefficient (Wildman–Crippen LogP) is 2.97. The lowest BCUT2D eigenvalue weighted by Crippen LogP contribution is -2.27. The van der Waals surface area contributed by atoms with E-state index >= 15 is 0 Å². The monoisotopic (exact) mass is 354 g/mol. The minimum atomic E-state index is -3.54. The summed E-state index contributed by atoms with van der Waals surface area (Å²) in [7, 11) is -1.99. The van der Waals surface area contributed by atoms with Crippen molar-refractivity contribution in [2.45, 2.75) is 18.4 Å². The summed E-state index contributed by atoms with van der Waals surface area (Å²) in [5, 5.41) is 0. The second-order valence-electron chi connectivity index (χ2n) is 4.52. The summed E-state index contributed by atoms with van der Waals surface area (Å²) in [6.45, 7) is 2.16. The lowest BCUT2D eigenvalue weighted by atomic mass is 10.2. The molecule has 1 aromatic carbocycles. The molecule has 0 radical (unpaired) electrons. The third-order valence-corrected chi connectivity index (χ3v) is 5.67. The summed E-state index contributed by atoms with van der Waals surface area (Å²) >= 11 is 3.32. The number of nitrogens with zero attached hydrogens (tertiary/aromatic N) is 2. The number of aryl methyl sites for hydroxylation is 1. The highest BCUT2D eigenvalue weighted by atomic mass is 79.9. The standard InChI is InChI=1S/C14H15BrN2O2S/c1-11-6-7-14(13(15)9-11)20(18,19)17(2)10-12-5-3-4-8-16-12/h3-9H,10H2,1-2H3. The van der Waals surface area contributed by atoms with Crippen LogP contribution in [0.4, 0.5) is 0 Å². The molecule has 0 fully saturated rings. The molecule has 0 spiro atoms. The van der Waals surface area contributed by atoms with Crippen LogP contribution in [0.2, 0.25) is 0 Å². The van der Waals surface area contributed by atoms with Gasteiger partial charge in [0.05, 0.1) is 17.1 Å². The van der Waals surface area contributed by atoms with Gasteiger partial charge in [0.1, 0.15) is 0 Å². The van der Waals surface area contributed by atoms with Crippen LogP contribution in [-0.4, -0.2) is 24.8 Å². The van der Waals surface area contributed by atoms with E-state index in [-0.39, 0.29) is 11.4 Å². The molecule has 2 rings (SSSR count). The fourth-order valence-electron chi connectivity index (χ4n) is 1.79. The van der Waals surface area contributed by atoms with Crippen LogP contribution in [0.15, 0.2) is 52.0 Å². The Hall–Kier alpha value is -1.24. The molecule has 0 aliphatic rings. The Morgan fingerprint density at radius 2 is 2.00 bits per heavy atom. The van der Waals surface area contributed by atoms with Gasteiger partial charge in [-0.2, -0.15) is 4.31 Å². The fourth-order valence-corrected chi connectivity index (χ4v) is 4.08. The number of rotatable bonds is 4. The van der Waals surface area contributed by atoms with Crippen molar-refractivity contribution in [1.82, 2.24) is 9.29 Å². The van der Waals surface area contributed by atoms with Crippen molar-refractivity contribution in [2.75, 3.05) is 7.05 Å². The van der Waals surface area contributed by atoms with Gasteiger partial charge in [-0.1, -0.05) is 12.1 Å². The van der Waals surface area contributed by atoms with Crippen LogP contribution in [0, 0.1) is 6.92 Å². The second-order valence-corrected chi connectivity index (χ2v) is 7.38. The maximum absolute atomic E-state index is 12.5. The van der Waals surface area contributed by atoms with Crippen molar-refractivity contribution < 1.29 is 8.42 Å². The van der Waals surface area contributed by atoms with E-state index in [0.29, 0.717) is 10.2 Å². The van der Waals surface area contributed by atoms with Gasteiger partial charge in [0.15, 0.2) is 0 Å². The smallest absolute Gasteiger partial charge is 0.244 e. The van der Waals surface area contributed by atoms with Gasteiger partial charge < -0.3 is 0 Å². The molecular formula is C14H15BrN2O2S. The summed E-state index contributed by atoms with van der Waals surface area (Å²) in [6, 6.07) is 10.6. The van der Waals surface area contributed by atoms with E-state index < -0.39 is 10.0 Å². The number of benzene rings is 1.